The van der Waals surface area contributed by atoms with Crippen LogP contribution in [-0.2, 0) is 29.3 Å². The lowest BCUT2D eigenvalue weighted by Crippen LogP contribution is -2.22. The van der Waals surface area contributed by atoms with Crippen molar-refractivity contribution >= 4 is 33.2 Å². The maximum Gasteiger partial charge on any atom is 0.240 e. The quantitative estimate of drug-likeness (QED) is 0.551. The van der Waals surface area contributed by atoms with Gasteiger partial charge in [-0.05, 0) is 73.0 Å². The van der Waals surface area contributed by atoms with E-state index < -0.39 is 10.0 Å². The molecule has 28 heavy (non-hydrogen) atoms. The Hall–Kier alpha value is -1.76. The third-order valence-corrected chi connectivity index (χ3v) is 8.20. The smallest absolute Gasteiger partial charge is 0.240 e. The van der Waals surface area contributed by atoms with Crippen LogP contribution in [0.4, 0.5) is 0 Å². The summed E-state index contributed by atoms with van der Waals surface area (Å²) >= 11 is 1.64. The van der Waals surface area contributed by atoms with Gasteiger partial charge >= 0.3 is 0 Å². The lowest BCUT2D eigenvalue weighted by Gasteiger charge is -2.30. The third kappa shape index (κ3) is 4.29. The molecule has 0 fully saturated rings. The van der Waals surface area contributed by atoms with Gasteiger partial charge in [0.15, 0.2) is 5.78 Å². The van der Waals surface area contributed by atoms with Crippen LogP contribution in [0.1, 0.15) is 58.4 Å². The lowest BCUT2D eigenvalue weighted by molar-refractivity contribution is 0.105. The average molecular weight is 418 g/mol. The number of nitrogens with one attached hydrogen (secondary N) is 1. The van der Waals surface area contributed by atoms with E-state index in [0.29, 0.717) is 5.41 Å². The number of carbonyl (C=O) groups is 1. The van der Waals surface area contributed by atoms with Gasteiger partial charge in [-0.3, -0.25) is 4.79 Å². The van der Waals surface area contributed by atoms with Crippen LogP contribution in [0.15, 0.2) is 35.2 Å². The average Bonchev–Trinajstić information content (AvgIpc) is 3.03. The van der Waals surface area contributed by atoms with Crippen LogP contribution in [-0.4, -0.2) is 21.2 Å². The van der Waals surface area contributed by atoms with Crippen LogP contribution < -0.4 is 4.72 Å². The Kier molecular flexibility index (Phi) is 5.94. The molecular formula is C22H27NO3S2. The molecule has 1 aromatic carbocycles. The van der Waals surface area contributed by atoms with Crippen molar-refractivity contribution in [3.8, 4) is 0 Å². The summed E-state index contributed by atoms with van der Waals surface area (Å²) in [6, 6.07) is 6.50. The third-order valence-electron chi connectivity index (χ3n) is 5.34. The van der Waals surface area contributed by atoms with Crippen LogP contribution in [0.25, 0.3) is 6.08 Å². The molecule has 0 saturated carbocycles. The monoisotopic (exact) mass is 417 g/mol. The summed E-state index contributed by atoms with van der Waals surface area (Å²) in [5.41, 5.74) is 3.72. The van der Waals surface area contributed by atoms with Crippen LogP contribution in [0.5, 0.6) is 0 Å². The van der Waals surface area contributed by atoms with Crippen molar-refractivity contribution in [2.45, 2.75) is 51.3 Å². The van der Waals surface area contributed by atoms with E-state index in [0.717, 1.165) is 36.1 Å². The lowest BCUT2D eigenvalue weighted by atomic mass is 9.74. The highest BCUT2D eigenvalue weighted by molar-refractivity contribution is 7.89. The zero-order valence-corrected chi connectivity index (χ0v) is 18.5. The minimum absolute atomic E-state index is 0.0348. The molecule has 6 heteroatoms. The van der Waals surface area contributed by atoms with E-state index >= 15 is 0 Å². The Morgan fingerprint density at radius 1 is 1.21 bits per heavy atom. The first-order valence-corrected chi connectivity index (χ1v) is 11.9. The van der Waals surface area contributed by atoms with E-state index in [1.54, 1.807) is 47.8 Å². The van der Waals surface area contributed by atoms with Crippen molar-refractivity contribution in [1.29, 1.82) is 0 Å². The van der Waals surface area contributed by atoms with Gasteiger partial charge in [0.05, 0.1) is 9.77 Å². The number of hydrogen-bond donors (Lipinski definition) is 1. The number of fused-ring (bicyclic) bond motifs is 1. The van der Waals surface area contributed by atoms with Gasteiger partial charge in [0, 0.05) is 4.88 Å². The molecule has 1 aromatic heterocycles. The summed E-state index contributed by atoms with van der Waals surface area (Å²) in [6.45, 7) is 6.75. The van der Waals surface area contributed by atoms with E-state index in [1.807, 2.05) is 0 Å². The number of carbonyl (C=O) groups excluding carboxylic acids is 1. The summed E-state index contributed by atoms with van der Waals surface area (Å²) in [5, 5.41) is 0. The van der Waals surface area contributed by atoms with Crippen molar-refractivity contribution in [3.05, 3.63) is 56.8 Å². The van der Waals surface area contributed by atoms with Crippen LogP contribution >= 0.6 is 11.3 Å². The summed E-state index contributed by atoms with van der Waals surface area (Å²) in [5.74, 6) is 0.0348. The molecule has 0 spiro atoms. The first-order chi connectivity index (χ1) is 13.2. The zero-order chi connectivity index (χ0) is 20.5. The number of thiophene rings is 1. The van der Waals surface area contributed by atoms with E-state index in [2.05, 4.69) is 25.5 Å². The Morgan fingerprint density at radius 3 is 2.50 bits per heavy atom. The number of allylic oxidation sites excluding steroid dienone is 1. The second-order valence-electron chi connectivity index (χ2n) is 7.98. The first kappa shape index (κ1) is 21.0. The normalized spacial score (nSPS) is 16.3. The molecule has 150 valence electrons. The second kappa shape index (κ2) is 7.93. The summed E-state index contributed by atoms with van der Waals surface area (Å²) < 4.78 is 25.9. The molecule has 0 bridgehead atoms. The van der Waals surface area contributed by atoms with Crippen molar-refractivity contribution in [2.75, 3.05) is 7.05 Å². The van der Waals surface area contributed by atoms with Crippen molar-refractivity contribution in [2.24, 2.45) is 5.41 Å². The number of benzene rings is 1. The fraction of sp³-hybridized carbons (Fsp3) is 0.409. The molecule has 0 radical (unpaired) electrons. The maximum absolute atomic E-state index is 12.9. The number of ketones is 1. The van der Waals surface area contributed by atoms with E-state index in [1.165, 1.54) is 23.1 Å². The fourth-order valence-corrected chi connectivity index (χ4v) is 5.62. The van der Waals surface area contributed by atoms with Gasteiger partial charge in [-0.15, -0.1) is 11.3 Å². The minimum atomic E-state index is -3.45. The molecular weight excluding hydrogens is 390 g/mol. The molecule has 3 rings (SSSR count). The molecule has 0 unspecified atom stereocenters. The minimum Gasteiger partial charge on any atom is -0.288 e. The summed E-state index contributed by atoms with van der Waals surface area (Å²) in [6.07, 6.45) is 7.42. The van der Waals surface area contributed by atoms with Gasteiger partial charge < -0.3 is 0 Å². The molecule has 1 N–H and O–H groups in total. The SMILES string of the molecule is CCc1sc(C(=O)/C=C/c2ccc(S(=O)(=O)NC)cc2)c2c1CC(C)(C)CC2. The van der Waals surface area contributed by atoms with Crippen molar-refractivity contribution < 1.29 is 13.2 Å². The number of aryl methyl sites for hydroxylation is 1. The molecule has 1 heterocycles. The topological polar surface area (TPSA) is 63.2 Å². The van der Waals surface area contributed by atoms with Gasteiger partial charge in [0.2, 0.25) is 10.0 Å². The van der Waals surface area contributed by atoms with Gasteiger partial charge in [0.1, 0.15) is 0 Å². The van der Waals surface area contributed by atoms with Crippen LogP contribution in [0, 0.1) is 5.41 Å². The van der Waals surface area contributed by atoms with Gasteiger partial charge in [-0.2, -0.15) is 0 Å². The predicted molar refractivity (Wildman–Crippen MR) is 116 cm³/mol. The van der Waals surface area contributed by atoms with Crippen molar-refractivity contribution in [1.82, 2.24) is 4.72 Å². The van der Waals surface area contributed by atoms with E-state index in [9.17, 15) is 13.2 Å². The highest BCUT2D eigenvalue weighted by Gasteiger charge is 2.31. The number of hydrogen-bond acceptors (Lipinski definition) is 4. The Bertz CT molecular complexity index is 1010. The standard InChI is InChI=1S/C22H27NO3S2/c1-5-20-18-14-22(2,3)13-12-17(18)21(27-20)19(24)11-8-15-6-9-16(10-7-15)28(25,26)23-4/h6-11,23H,5,12-14H2,1-4H3/b11-8+. The van der Waals surface area contributed by atoms with Crippen LogP contribution in [0.3, 0.4) is 0 Å². The Labute approximate surface area is 171 Å². The molecule has 2 aromatic rings. The highest BCUT2D eigenvalue weighted by atomic mass is 32.2. The number of sulfonamides is 1. The maximum atomic E-state index is 12.9. The largest absolute Gasteiger partial charge is 0.288 e. The molecule has 0 amide bonds. The predicted octanol–water partition coefficient (Wildman–Crippen LogP) is 4.63. The van der Waals surface area contributed by atoms with Crippen molar-refractivity contribution in [3.63, 3.8) is 0 Å². The van der Waals surface area contributed by atoms with Gasteiger partial charge in [-0.25, -0.2) is 13.1 Å². The first-order valence-electron chi connectivity index (χ1n) is 9.56. The van der Waals surface area contributed by atoms with Gasteiger partial charge in [-0.1, -0.05) is 39.0 Å². The summed E-state index contributed by atoms with van der Waals surface area (Å²) in [7, 11) is -2.06. The molecule has 1 aliphatic carbocycles. The fourth-order valence-electron chi connectivity index (χ4n) is 3.66. The second-order valence-corrected chi connectivity index (χ2v) is 11.0. The number of rotatable bonds is 6. The van der Waals surface area contributed by atoms with E-state index in [4.69, 9.17) is 0 Å². The molecule has 0 saturated heterocycles. The summed E-state index contributed by atoms with van der Waals surface area (Å²) in [4.78, 5) is 15.3. The Balaban J connectivity index is 1.83. The molecule has 4 nitrogen and oxygen atoms in total. The molecule has 0 aliphatic heterocycles. The van der Waals surface area contributed by atoms with Gasteiger partial charge in [0.25, 0.3) is 0 Å². The zero-order valence-electron chi connectivity index (χ0n) is 16.8. The highest BCUT2D eigenvalue weighted by Crippen LogP contribution is 2.42. The van der Waals surface area contributed by atoms with Crippen LogP contribution in [0.2, 0.25) is 0 Å². The Morgan fingerprint density at radius 2 is 1.89 bits per heavy atom. The molecule has 0 atom stereocenters. The molecule has 1 aliphatic rings. The van der Waals surface area contributed by atoms with E-state index in [-0.39, 0.29) is 10.7 Å².